The van der Waals surface area contributed by atoms with E-state index in [0.717, 1.165) is 24.8 Å². The molecule has 4 N–H and O–H groups in total. The van der Waals surface area contributed by atoms with Crippen molar-refractivity contribution in [1.29, 1.82) is 10.5 Å². The first-order chi connectivity index (χ1) is 21.4. The number of nitrogens with one attached hydrogen (secondary N) is 4. The average Bonchev–Trinajstić information content (AvgIpc) is 3.98. The predicted octanol–water partition coefficient (Wildman–Crippen LogP) is 6.69. The van der Waals surface area contributed by atoms with E-state index in [0.29, 0.717) is 50.2 Å². The van der Waals surface area contributed by atoms with Crippen molar-refractivity contribution in [3.8, 4) is 12.1 Å². The SMILES string of the molecule is [2H]C(Nc1cc(Cl)c2ncc(C#N)c(NC(c3ccccc3)C3C[C@@H]3C#N)c2c1)(C1=CN(C2CC2)NN1)c1ccc(F)cc1. The molecule has 1 aromatic heterocycles. The van der Waals surface area contributed by atoms with Gasteiger partial charge in [-0.3, -0.25) is 9.99 Å². The lowest BCUT2D eigenvalue weighted by molar-refractivity contribution is 0.260. The highest BCUT2D eigenvalue weighted by Gasteiger charge is 2.44. The Morgan fingerprint density at radius 3 is 2.56 bits per heavy atom. The molecule has 3 aromatic carbocycles. The molecule has 3 unspecified atom stereocenters. The van der Waals surface area contributed by atoms with Crippen molar-refractivity contribution in [2.75, 3.05) is 10.6 Å². The van der Waals surface area contributed by atoms with Crippen LogP contribution < -0.4 is 21.6 Å². The van der Waals surface area contributed by atoms with E-state index in [4.69, 9.17) is 11.6 Å². The fourth-order valence-corrected chi connectivity index (χ4v) is 5.89. The zero-order valence-electron chi connectivity index (χ0n) is 24.0. The van der Waals surface area contributed by atoms with Crippen molar-refractivity contribution in [3.05, 3.63) is 112 Å². The summed E-state index contributed by atoms with van der Waals surface area (Å²) in [6, 6.07) is 22.4. The highest BCUT2D eigenvalue weighted by molar-refractivity contribution is 6.35. The number of halogens is 2. The molecule has 2 saturated carbocycles. The minimum atomic E-state index is -1.56. The summed E-state index contributed by atoms with van der Waals surface area (Å²) in [5.74, 6) is -0.401. The minimum absolute atomic E-state index is 0.0793. The monoisotopic (exact) mass is 591 g/mol. The number of benzene rings is 3. The molecule has 0 saturated heterocycles. The maximum Gasteiger partial charge on any atom is 0.123 e. The first-order valence-electron chi connectivity index (χ1n) is 14.7. The van der Waals surface area contributed by atoms with Crippen LogP contribution in [0.3, 0.4) is 0 Å². The van der Waals surface area contributed by atoms with Gasteiger partial charge in [-0.15, -0.1) is 5.53 Å². The Labute approximate surface area is 255 Å². The number of rotatable bonds is 9. The van der Waals surface area contributed by atoms with Crippen LogP contribution in [-0.2, 0) is 0 Å². The number of hydrogen-bond acceptors (Lipinski definition) is 8. The number of pyridine rings is 1. The first-order valence-corrected chi connectivity index (χ1v) is 14.6. The zero-order chi connectivity index (χ0) is 30.4. The van der Waals surface area contributed by atoms with Crippen LogP contribution in [0.1, 0.15) is 49.4 Å². The number of aromatic nitrogens is 1. The van der Waals surface area contributed by atoms with Gasteiger partial charge >= 0.3 is 0 Å². The summed E-state index contributed by atoms with van der Waals surface area (Å²) in [6.45, 7) is 0. The van der Waals surface area contributed by atoms with Crippen LogP contribution in [0.15, 0.2) is 84.8 Å². The van der Waals surface area contributed by atoms with Crippen LogP contribution in [0.2, 0.25) is 5.02 Å². The molecule has 2 aliphatic carbocycles. The molecule has 43 heavy (non-hydrogen) atoms. The van der Waals surface area contributed by atoms with Crippen molar-refractivity contribution in [2.24, 2.45) is 11.8 Å². The molecule has 0 spiro atoms. The van der Waals surface area contributed by atoms with Crippen LogP contribution in [0.5, 0.6) is 0 Å². The third kappa shape index (κ3) is 5.41. The Balaban J connectivity index is 1.32. The van der Waals surface area contributed by atoms with Gasteiger partial charge in [-0.2, -0.15) is 10.5 Å². The second kappa shape index (κ2) is 11.1. The molecular formula is C33H28ClFN8. The first kappa shape index (κ1) is 25.8. The van der Waals surface area contributed by atoms with Crippen LogP contribution in [0.25, 0.3) is 10.9 Å². The molecule has 7 rings (SSSR count). The third-order valence-corrected chi connectivity index (χ3v) is 8.43. The fraction of sp³-hybridized carbons (Fsp3) is 0.242. The molecule has 4 atom stereocenters. The summed E-state index contributed by atoms with van der Waals surface area (Å²) < 4.78 is 23.6. The van der Waals surface area contributed by atoms with E-state index < -0.39 is 11.8 Å². The molecule has 10 heteroatoms. The van der Waals surface area contributed by atoms with Gasteiger partial charge in [-0.1, -0.05) is 54.1 Å². The molecule has 0 amide bonds. The number of fused-ring (bicyclic) bond motifs is 1. The summed E-state index contributed by atoms with van der Waals surface area (Å²) >= 11 is 6.81. The number of hydrogen-bond donors (Lipinski definition) is 4. The molecule has 3 aliphatic rings. The summed E-state index contributed by atoms with van der Waals surface area (Å²) in [5, 5.41) is 29.5. The molecule has 214 valence electrons. The van der Waals surface area contributed by atoms with E-state index in [-0.39, 0.29) is 17.9 Å². The van der Waals surface area contributed by atoms with Gasteiger partial charge < -0.3 is 16.1 Å². The van der Waals surface area contributed by atoms with Gasteiger partial charge in [-0.05, 0) is 54.7 Å². The van der Waals surface area contributed by atoms with Crippen molar-refractivity contribution in [2.45, 2.75) is 37.4 Å². The maximum absolute atomic E-state index is 13.9. The van der Waals surface area contributed by atoms with Gasteiger partial charge in [0.1, 0.15) is 11.9 Å². The van der Waals surface area contributed by atoms with Crippen LogP contribution in [0.4, 0.5) is 15.8 Å². The summed E-state index contributed by atoms with van der Waals surface area (Å²) in [7, 11) is 0. The normalized spacial score (nSPS) is 21.4. The number of nitrogens with zero attached hydrogens (tertiary/aromatic N) is 4. The van der Waals surface area contributed by atoms with E-state index in [2.05, 4.69) is 38.7 Å². The van der Waals surface area contributed by atoms with Crippen molar-refractivity contribution >= 4 is 33.9 Å². The average molecular weight is 592 g/mol. The van der Waals surface area contributed by atoms with Gasteiger partial charge in [0.15, 0.2) is 0 Å². The van der Waals surface area contributed by atoms with Crippen molar-refractivity contribution in [1.82, 2.24) is 21.0 Å². The maximum atomic E-state index is 13.9. The van der Waals surface area contributed by atoms with E-state index in [1.165, 1.54) is 18.3 Å². The largest absolute Gasteiger partial charge is 0.376 e. The van der Waals surface area contributed by atoms with E-state index in [1.807, 2.05) is 47.6 Å². The standard InChI is InChI=1S/C33H28ClFN8/c34-28-14-24(39-32(20-6-8-23(35)9-7-20)29-18-43(42-41-29)25-10-11-25)13-27-31(22(16-37)17-38-33(27)28)40-30(26-12-21(26)15-36)19-4-2-1-3-5-19/h1-9,13-14,17-18,21,25-26,30,32,39,41-42H,10-12H2,(H,38,40)/t21-,26?,30?,32?/m1/s1/i32D. The number of anilines is 2. The molecule has 1 aliphatic heterocycles. The Morgan fingerprint density at radius 1 is 1.07 bits per heavy atom. The molecule has 4 aromatic rings. The van der Waals surface area contributed by atoms with Gasteiger partial charge in [0.25, 0.3) is 0 Å². The van der Waals surface area contributed by atoms with Crippen LogP contribution in [0, 0.1) is 40.3 Å². The highest BCUT2D eigenvalue weighted by atomic mass is 35.5. The van der Waals surface area contributed by atoms with Gasteiger partial charge in [0.05, 0.1) is 52.9 Å². The van der Waals surface area contributed by atoms with Gasteiger partial charge in [0, 0.05) is 35.4 Å². The Hall–Kier alpha value is -4.83. The lowest BCUT2D eigenvalue weighted by Gasteiger charge is -2.24. The van der Waals surface area contributed by atoms with Crippen LogP contribution >= 0.6 is 11.6 Å². The van der Waals surface area contributed by atoms with Crippen LogP contribution in [-0.4, -0.2) is 16.0 Å². The van der Waals surface area contributed by atoms with Crippen molar-refractivity contribution < 1.29 is 5.76 Å². The zero-order valence-corrected chi connectivity index (χ0v) is 23.7. The Kier molecular flexibility index (Phi) is 6.68. The number of hydrazine groups is 2. The predicted molar refractivity (Wildman–Crippen MR) is 163 cm³/mol. The Bertz CT molecular complexity index is 1850. The third-order valence-electron chi connectivity index (χ3n) is 8.14. The lowest BCUT2D eigenvalue weighted by Crippen LogP contribution is -2.38. The summed E-state index contributed by atoms with van der Waals surface area (Å²) in [6.07, 6.45) is 6.22. The lowest BCUT2D eigenvalue weighted by atomic mass is 9.99. The van der Waals surface area contributed by atoms with Gasteiger partial charge in [0.2, 0.25) is 0 Å². The highest BCUT2D eigenvalue weighted by Crippen LogP contribution is 2.49. The smallest absolute Gasteiger partial charge is 0.123 e. The second-order valence-corrected chi connectivity index (χ2v) is 11.5. The van der Waals surface area contributed by atoms with E-state index >= 15 is 0 Å². The molecular weight excluding hydrogens is 563 g/mol. The summed E-state index contributed by atoms with van der Waals surface area (Å²) in [4.78, 5) is 4.50. The Morgan fingerprint density at radius 2 is 1.86 bits per heavy atom. The molecule has 2 heterocycles. The van der Waals surface area contributed by atoms with E-state index in [9.17, 15) is 16.3 Å². The minimum Gasteiger partial charge on any atom is -0.376 e. The molecule has 8 nitrogen and oxygen atoms in total. The molecule has 0 bridgehead atoms. The second-order valence-electron chi connectivity index (χ2n) is 11.1. The quantitative estimate of drug-likeness (QED) is 0.170. The summed E-state index contributed by atoms with van der Waals surface area (Å²) in [5.41, 5.74) is 10.2. The van der Waals surface area contributed by atoms with Gasteiger partial charge in [-0.25, -0.2) is 4.39 Å². The topological polar surface area (TPSA) is 112 Å². The van der Waals surface area contributed by atoms with E-state index in [1.54, 1.807) is 18.2 Å². The van der Waals surface area contributed by atoms with Crippen molar-refractivity contribution in [3.63, 3.8) is 0 Å². The molecule has 2 fully saturated rings. The number of nitriles is 2. The fourth-order valence-electron chi connectivity index (χ4n) is 5.62. The molecule has 0 radical (unpaired) electrons.